The number of benzene rings is 3. The minimum Gasteiger partial charge on any atom is -0.457 e. The number of piperidine rings is 1. The van der Waals surface area contributed by atoms with Crippen molar-refractivity contribution < 1.29 is 14.3 Å². The van der Waals surface area contributed by atoms with Gasteiger partial charge in [-0.25, -0.2) is 19.3 Å². The van der Waals surface area contributed by atoms with Gasteiger partial charge in [-0.1, -0.05) is 55.3 Å². The van der Waals surface area contributed by atoms with Gasteiger partial charge in [-0.2, -0.15) is 5.10 Å². The number of nitrogens with zero attached hydrogens (tertiary/aromatic N) is 4. The number of hydrogen-bond acceptors (Lipinski definition) is 5. The molecule has 1 fully saturated rings. The van der Waals surface area contributed by atoms with E-state index < -0.39 is 0 Å². The van der Waals surface area contributed by atoms with E-state index in [1.807, 2.05) is 78.6 Å². The zero-order chi connectivity index (χ0) is 31.9. The molecular weight excluding hydrogens is 578 g/mol. The SMILES string of the molecule is CCCCc1cc(NC(=O)Nc2ccc(Oc3ccnc(NC(=O)N4CCCCC4)c3)c3ccccc23)n(-c2ccc(C)cc2)n1. The van der Waals surface area contributed by atoms with Crippen molar-refractivity contribution >= 4 is 40.2 Å². The number of pyridine rings is 1. The summed E-state index contributed by atoms with van der Waals surface area (Å²) in [5.74, 6) is 2.17. The maximum absolute atomic E-state index is 13.4. The molecule has 46 heavy (non-hydrogen) atoms. The molecule has 0 unspecified atom stereocenters. The van der Waals surface area contributed by atoms with Gasteiger partial charge in [0.15, 0.2) is 0 Å². The number of unbranched alkanes of at least 4 members (excludes halogenated alkanes) is 1. The number of aromatic nitrogens is 3. The van der Waals surface area contributed by atoms with Crippen LogP contribution in [0, 0.1) is 6.92 Å². The van der Waals surface area contributed by atoms with Crippen LogP contribution >= 0.6 is 0 Å². The Morgan fingerprint density at radius 1 is 0.870 bits per heavy atom. The summed E-state index contributed by atoms with van der Waals surface area (Å²) in [4.78, 5) is 32.2. The van der Waals surface area contributed by atoms with Crippen molar-refractivity contribution in [2.45, 2.75) is 52.4 Å². The quantitative estimate of drug-likeness (QED) is 0.153. The van der Waals surface area contributed by atoms with E-state index >= 15 is 0 Å². The van der Waals surface area contributed by atoms with Crippen molar-refractivity contribution in [1.29, 1.82) is 0 Å². The number of urea groups is 2. The molecule has 1 aliphatic rings. The van der Waals surface area contributed by atoms with Gasteiger partial charge in [-0.15, -0.1) is 0 Å². The van der Waals surface area contributed by atoms with Crippen LogP contribution in [0.25, 0.3) is 16.5 Å². The number of aryl methyl sites for hydroxylation is 2. The van der Waals surface area contributed by atoms with Gasteiger partial charge in [0.2, 0.25) is 0 Å². The molecule has 2 aromatic heterocycles. The average Bonchev–Trinajstić information content (AvgIpc) is 3.47. The molecule has 0 spiro atoms. The van der Waals surface area contributed by atoms with Crippen LogP contribution in [-0.4, -0.2) is 44.8 Å². The number of carbonyl (C=O) groups is 2. The summed E-state index contributed by atoms with van der Waals surface area (Å²) in [6, 6.07) is 24.3. The van der Waals surface area contributed by atoms with Crippen LogP contribution in [0.2, 0.25) is 0 Å². The van der Waals surface area contributed by atoms with Crippen molar-refractivity contribution in [1.82, 2.24) is 19.7 Å². The summed E-state index contributed by atoms with van der Waals surface area (Å²) in [5.41, 5.74) is 3.59. The molecule has 0 bridgehead atoms. The summed E-state index contributed by atoms with van der Waals surface area (Å²) in [6.07, 6.45) is 7.71. The van der Waals surface area contributed by atoms with E-state index in [9.17, 15) is 9.59 Å². The van der Waals surface area contributed by atoms with Crippen molar-refractivity contribution in [2.24, 2.45) is 0 Å². The Kier molecular flexibility index (Phi) is 9.43. The molecule has 5 aromatic rings. The fourth-order valence-corrected chi connectivity index (χ4v) is 5.58. The molecule has 1 saturated heterocycles. The molecule has 236 valence electrons. The number of fused-ring (bicyclic) bond motifs is 1. The Morgan fingerprint density at radius 2 is 1.65 bits per heavy atom. The van der Waals surface area contributed by atoms with Crippen LogP contribution in [0.1, 0.15) is 50.3 Å². The maximum Gasteiger partial charge on any atom is 0.324 e. The third-order valence-corrected chi connectivity index (χ3v) is 8.04. The number of ether oxygens (including phenoxy) is 1. The van der Waals surface area contributed by atoms with Gasteiger partial charge in [0.1, 0.15) is 23.1 Å². The first-order chi connectivity index (χ1) is 22.5. The molecule has 0 atom stereocenters. The Morgan fingerprint density at radius 3 is 2.43 bits per heavy atom. The first kappa shape index (κ1) is 30.6. The Balaban J connectivity index is 1.19. The van der Waals surface area contributed by atoms with Crippen molar-refractivity contribution in [2.75, 3.05) is 29.0 Å². The lowest BCUT2D eigenvalue weighted by Crippen LogP contribution is -2.38. The second kappa shape index (κ2) is 14.2. The molecule has 6 rings (SSSR count). The number of nitrogens with one attached hydrogen (secondary N) is 3. The van der Waals surface area contributed by atoms with E-state index in [1.54, 1.807) is 23.0 Å². The topological polar surface area (TPSA) is 113 Å². The van der Waals surface area contributed by atoms with Crippen LogP contribution in [0.3, 0.4) is 0 Å². The third kappa shape index (κ3) is 7.28. The number of hydrogen-bond donors (Lipinski definition) is 3. The predicted octanol–water partition coefficient (Wildman–Crippen LogP) is 8.53. The molecule has 10 heteroatoms. The molecule has 3 heterocycles. The fourth-order valence-electron chi connectivity index (χ4n) is 5.58. The van der Waals surface area contributed by atoms with Gasteiger partial charge in [-0.05, 0) is 69.4 Å². The number of anilines is 3. The highest BCUT2D eigenvalue weighted by atomic mass is 16.5. The van der Waals surface area contributed by atoms with E-state index in [4.69, 9.17) is 9.84 Å². The van der Waals surface area contributed by atoms with Crippen LogP contribution in [0.4, 0.5) is 26.9 Å². The second-order valence-electron chi connectivity index (χ2n) is 11.6. The summed E-state index contributed by atoms with van der Waals surface area (Å²) in [5, 5.41) is 15.3. The van der Waals surface area contributed by atoms with Crippen LogP contribution < -0.4 is 20.7 Å². The second-order valence-corrected chi connectivity index (χ2v) is 11.6. The lowest BCUT2D eigenvalue weighted by molar-refractivity contribution is 0.200. The minimum atomic E-state index is -0.377. The van der Waals surface area contributed by atoms with Crippen molar-refractivity contribution in [3.05, 3.63) is 96.3 Å². The van der Waals surface area contributed by atoms with Crippen LogP contribution in [0.15, 0.2) is 85.1 Å². The highest BCUT2D eigenvalue weighted by Crippen LogP contribution is 2.35. The van der Waals surface area contributed by atoms with E-state index in [0.29, 0.717) is 28.8 Å². The van der Waals surface area contributed by atoms with Gasteiger partial charge in [-0.3, -0.25) is 10.6 Å². The molecule has 0 saturated carbocycles. The van der Waals surface area contributed by atoms with Gasteiger partial charge in [0.25, 0.3) is 0 Å². The van der Waals surface area contributed by atoms with Crippen molar-refractivity contribution in [3.63, 3.8) is 0 Å². The largest absolute Gasteiger partial charge is 0.457 e. The summed E-state index contributed by atoms with van der Waals surface area (Å²) in [6.45, 7) is 5.69. The molecular formula is C36H39N7O3. The van der Waals surface area contributed by atoms with Crippen molar-refractivity contribution in [3.8, 4) is 17.2 Å². The first-order valence-electron chi connectivity index (χ1n) is 15.9. The summed E-state index contributed by atoms with van der Waals surface area (Å²) < 4.78 is 8.05. The first-order valence-corrected chi connectivity index (χ1v) is 15.9. The van der Waals surface area contributed by atoms with Crippen LogP contribution in [0.5, 0.6) is 11.5 Å². The van der Waals surface area contributed by atoms with Gasteiger partial charge in [0.05, 0.1) is 17.1 Å². The Bertz CT molecular complexity index is 1830. The number of likely N-dealkylation sites (tertiary alicyclic amines) is 1. The van der Waals surface area contributed by atoms with E-state index in [0.717, 1.165) is 79.3 Å². The molecule has 10 nitrogen and oxygen atoms in total. The number of rotatable bonds is 9. The fraction of sp³-hybridized carbons (Fsp3) is 0.278. The monoisotopic (exact) mass is 617 g/mol. The van der Waals surface area contributed by atoms with E-state index in [-0.39, 0.29) is 12.1 Å². The van der Waals surface area contributed by atoms with Crippen LogP contribution in [-0.2, 0) is 6.42 Å². The molecule has 0 radical (unpaired) electrons. The molecule has 4 amide bonds. The van der Waals surface area contributed by atoms with E-state index in [2.05, 4.69) is 27.9 Å². The Labute approximate surface area is 268 Å². The zero-order valence-electron chi connectivity index (χ0n) is 26.3. The molecule has 0 aliphatic carbocycles. The number of amides is 4. The third-order valence-electron chi connectivity index (χ3n) is 8.04. The zero-order valence-corrected chi connectivity index (χ0v) is 26.3. The summed E-state index contributed by atoms with van der Waals surface area (Å²) in [7, 11) is 0. The lowest BCUT2D eigenvalue weighted by Gasteiger charge is -2.26. The molecule has 3 aromatic carbocycles. The van der Waals surface area contributed by atoms with Gasteiger partial charge >= 0.3 is 12.1 Å². The smallest absolute Gasteiger partial charge is 0.324 e. The molecule has 1 aliphatic heterocycles. The number of carbonyl (C=O) groups excluding carboxylic acids is 2. The minimum absolute atomic E-state index is 0.150. The predicted molar refractivity (Wildman–Crippen MR) is 182 cm³/mol. The highest BCUT2D eigenvalue weighted by Gasteiger charge is 2.18. The van der Waals surface area contributed by atoms with Gasteiger partial charge in [0, 0.05) is 42.2 Å². The molecule has 3 N–H and O–H groups in total. The Hall–Kier alpha value is -5.38. The highest BCUT2D eigenvalue weighted by molar-refractivity contribution is 6.07. The summed E-state index contributed by atoms with van der Waals surface area (Å²) >= 11 is 0. The lowest BCUT2D eigenvalue weighted by atomic mass is 10.1. The normalized spacial score (nSPS) is 13.0. The average molecular weight is 618 g/mol. The van der Waals surface area contributed by atoms with E-state index in [1.165, 1.54) is 0 Å². The maximum atomic E-state index is 13.4. The van der Waals surface area contributed by atoms with Gasteiger partial charge < -0.3 is 15.0 Å². The standard InChI is InChI=1S/C36H39N7O3/c1-3-4-10-26-23-34(43(41-26)27-15-13-25(2)14-16-27)40-35(44)38-31-17-18-32(30-12-7-6-11-29(30)31)46-28-19-20-37-33(24-28)39-36(45)42-21-8-5-9-22-42/h6-7,11-20,23-24H,3-5,8-10,21-22H2,1-2H3,(H,37,39,45)(H2,38,40,44).